The molecule has 0 unspecified atom stereocenters. The van der Waals surface area contributed by atoms with E-state index in [0.717, 1.165) is 36.2 Å². The minimum atomic E-state index is -0.582. The van der Waals surface area contributed by atoms with E-state index in [-0.39, 0.29) is 5.56 Å². The van der Waals surface area contributed by atoms with E-state index in [1.54, 1.807) is 12.1 Å². The number of unbranched alkanes of at least 4 members (excludes halogenated alkanes) is 3. The van der Waals surface area contributed by atoms with E-state index in [1.807, 2.05) is 36.4 Å². The van der Waals surface area contributed by atoms with E-state index < -0.39 is 11.6 Å². The molecular weight excluding hydrogens is 368 g/mol. The van der Waals surface area contributed by atoms with Crippen LogP contribution >= 0.6 is 0 Å². The molecule has 5 heteroatoms. The van der Waals surface area contributed by atoms with Gasteiger partial charge in [0, 0.05) is 6.07 Å². The molecule has 0 saturated heterocycles. The molecule has 0 radical (unpaired) electrons. The van der Waals surface area contributed by atoms with Gasteiger partial charge in [-0.25, -0.2) is 9.59 Å². The first-order chi connectivity index (χ1) is 14.2. The van der Waals surface area contributed by atoms with Crippen LogP contribution < -0.4 is 15.1 Å². The Hall–Kier alpha value is -3.34. The van der Waals surface area contributed by atoms with E-state index in [1.165, 1.54) is 31.4 Å². The Morgan fingerprint density at radius 1 is 0.828 bits per heavy atom. The molecule has 0 aliphatic rings. The second-order valence-electron chi connectivity index (χ2n) is 6.69. The maximum Gasteiger partial charge on any atom is 0.346 e. The van der Waals surface area contributed by atoms with E-state index in [0.29, 0.717) is 5.75 Å². The lowest BCUT2D eigenvalue weighted by molar-refractivity contribution is 0.0732. The van der Waals surface area contributed by atoms with Crippen LogP contribution in [-0.2, 0) is 0 Å². The third kappa shape index (κ3) is 6.07. The smallest absolute Gasteiger partial charge is 0.346 e. The zero-order valence-electron chi connectivity index (χ0n) is 16.4. The lowest BCUT2D eigenvalue weighted by Gasteiger charge is -2.08. The van der Waals surface area contributed by atoms with Gasteiger partial charge >= 0.3 is 11.6 Å². The van der Waals surface area contributed by atoms with Crippen molar-refractivity contribution in [3.63, 3.8) is 0 Å². The first-order valence-corrected chi connectivity index (χ1v) is 9.80. The summed E-state index contributed by atoms with van der Waals surface area (Å²) in [5, 5.41) is 0. The third-order valence-corrected chi connectivity index (χ3v) is 4.46. The summed E-state index contributed by atoms with van der Waals surface area (Å²) >= 11 is 0. The second kappa shape index (κ2) is 10.3. The lowest BCUT2D eigenvalue weighted by Crippen LogP contribution is -2.09. The van der Waals surface area contributed by atoms with Crippen LogP contribution in [0.5, 0.6) is 11.5 Å². The molecule has 0 saturated carbocycles. The quantitative estimate of drug-likeness (QED) is 0.274. The van der Waals surface area contributed by atoms with Crippen molar-refractivity contribution in [2.75, 3.05) is 6.61 Å². The Morgan fingerprint density at radius 2 is 1.48 bits per heavy atom. The molecule has 0 fully saturated rings. The highest BCUT2D eigenvalue weighted by Crippen LogP contribution is 2.25. The Balaban J connectivity index is 1.56. The highest BCUT2D eigenvalue weighted by molar-refractivity contribution is 5.90. The van der Waals surface area contributed by atoms with Crippen molar-refractivity contribution in [3.05, 3.63) is 82.9 Å². The Labute approximate surface area is 169 Å². The molecule has 0 bridgehead atoms. The summed E-state index contributed by atoms with van der Waals surface area (Å²) in [5.41, 5.74) is 1.72. The Bertz CT molecular complexity index is 951. The maximum absolute atomic E-state index is 12.1. The van der Waals surface area contributed by atoms with Crippen molar-refractivity contribution in [1.82, 2.24) is 0 Å². The van der Waals surface area contributed by atoms with Crippen LogP contribution in [0.1, 0.15) is 43.0 Å². The number of carbonyl (C=O) groups is 1. The summed E-state index contributed by atoms with van der Waals surface area (Å²) in [6.07, 6.45) is 5.83. The van der Waals surface area contributed by atoms with Gasteiger partial charge in [-0.2, -0.15) is 0 Å². The van der Waals surface area contributed by atoms with Crippen molar-refractivity contribution in [2.45, 2.75) is 32.6 Å². The highest BCUT2D eigenvalue weighted by Gasteiger charge is 2.10. The number of ether oxygens (including phenoxy) is 2. The second-order valence-corrected chi connectivity index (χ2v) is 6.69. The van der Waals surface area contributed by atoms with Crippen LogP contribution in [0.15, 0.2) is 76.1 Å². The summed E-state index contributed by atoms with van der Waals surface area (Å²) in [4.78, 5) is 23.0. The Morgan fingerprint density at radius 3 is 2.07 bits per heavy atom. The number of hydrogen-bond acceptors (Lipinski definition) is 5. The van der Waals surface area contributed by atoms with Gasteiger partial charge in [0.05, 0.1) is 12.2 Å². The number of hydrogen-bond donors (Lipinski definition) is 0. The average molecular weight is 392 g/mol. The number of rotatable bonds is 9. The largest absolute Gasteiger partial charge is 0.494 e. The summed E-state index contributed by atoms with van der Waals surface area (Å²) < 4.78 is 15.8. The molecule has 0 aliphatic carbocycles. The van der Waals surface area contributed by atoms with Gasteiger partial charge in [-0.1, -0.05) is 50.5 Å². The van der Waals surface area contributed by atoms with Crippen LogP contribution in [0, 0.1) is 0 Å². The SMILES string of the molecule is CCCCCCOc1ccc(-c2ccc(OC(=O)c3ccc(=O)oc3)cc2)cc1. The predicted octanol–water partition coefficient (Wildman–Crippen LogP) is 5.49. The fourth-order valence-corrected chi connectivity index (χ4v) is 2.82. The van der Waals surface area contributed by atoms with Gasteiger partial charge in [0.1, 0.15) is 17.8 Å². The molecule has 0 amide bonds. The van der Waals surface area contributed by atoms with Crippen molar-refractivity contribution in [2.24, 2.45) is 0 Å². The third-order valence-electron chi connectivity index (χ3n) is 4.46. The van der Waals surface area contributed by atoms with Crippen LogP contribution in [0.4, 0.5) is 0 Å². The molecule has 5 nitrogen and oxygen atoms in total. The summed E-state index contributed by atoms with van der Waals surface area (Å²) in [6, 6.07) is 17.7. The minimum Gasteiger partial charge on any atom is -0.494 e. The van der Waals surface area contributed by atoms with E-state index in [9.17, 15) is 9.59 Å². The first-order valence-electron chi connectivity index (χ1n) is 9.80. The lowest BCUT2D eigenvalue weighted by atomic mass is 10.1. The maximum atomic E-state index is 12.1. The number of benzene rings is 2. The summed E-state index contributed by atoms with van der Waals surface area (Å²) in [6.45, 7) is 2.93. The van der Waals surface area contributed by atoms with Gasteiger partial charge in [-0.15, -0.1) is 0 Å². The normalized spacial score (nSPS) is 10.5. The van der Waals surface area contributed by atoms with Gasteiger partial charge in [-0.05, 0) is 47.9 Å². The zero-order valence-corrected chi connectivity index (χ0v) is 16.4. The molecule has 0 aliphatic heterocycles. The van der Waals surface area contributed by atoms with Crippen molar-refractivity contribution >= 4 is 5.97 Å². The molecule has 29 heavy (non-hydrogen) atoms. The monoisotopic (exact) mass is 392 g/mol. The van der Waals surface area contributed by atoms with Crippen LogP contribution in [-0.4, -0.2) is 12.6 Å². The Kier molecular flexibility index (Phi) is 7.22. The van der Waals surface area contributed by atoms with E-state index in [4.69, 9.17) is 9.47 Å². The van der Waals surface area contributed by atoms with Crippen LogP contribution in [0.25, 0.3) is 11.1 Å². The fraction of sp³-hybridized carbons (Fsp3) is 0.250. The number of carbonyl (C=O) groups excluding carboxylic acids is 1. The minimum absolute atomic E-state index is 0.180. The fourth-order valence-electron chi connectivity index (χ4n) is 2.82. The number of esters is 1. The van der Waals surface area contributed by atoms with Gasteiger partial charge < -0.3 is 13.9 Å². The van der Waals surface area contributed by atoms with Gasteiger partial charge in [0.25, 0.3) is 0 Å². The molecule has 3 rings (SSSR count). The van der Waals surface area contributed by atoms with Crippen LogP contribution in [0.2, 0.25) is 0 Å². The van der Waals surface area contributed by atoms with Gasteiger partial charge in [-0.3, -0.25) is 0 Å². The van der Waals surface area contributed by atoms with Crippen molar-refractivity contribution in [1.29, 1.82) is 0 Å². The molecule has 0 spiro atoms. The molecule has 0 N–H and O–H groups in total. The molecule has 1 aromatic heterocycles. The van der Waals surface area contributed by atoms with Gasteiger partial charge in [0.15, 0.2) is 0 Å². The van der Waals surface area contributed by atoms with E-state index >= 15 is 0 Å². The molecule has 1 heterocycles. The van der Waals surface area contributed by atoms with Gasteiger partial charge in [0.2, 0.25) is 0 Å². The first kappa shape index (κ1) is 20.4. The van der Waals surface area contributed by atoms with Crippen molar-refractivity contribution < 1.29 is 18.7 Å². The molecule has 0 atom stereocenters. The standard InChI is InChI=1S/C24H24O5/c1-2-3-4-5-16-27-21-11-6-18(7-12-21)19-8-13-22(14-9-19)29-24(26)20-10-15-23(25)28-17-20/h6-15,17H,2-5,16H2,1H3. The van der Waals surface area contributed by atoms with E-state index in [2.05, 4.69) is 11.3 Å². The zero-order chi connectivity index (χ0) is 20.5. The molecule has 3 aromatic rings. The predicted molar refractivity (Wildman–Crippen MR) is 111 cm³/mol. The molecular formula is C24H24O5. The van der Waals surface area contributed by atoms with Crippen LogP contribution in [0.3, 0.4) is 0 Å². The topological polar surface area (TPSA) is 65.7 Å². The summed E-state index contributed by atoms with van der Waals surface area (Å²) in [7, 11) is 0. The molecule has 150 valence electrons. The van der Waals surface area contributed by atoms with Crippen molar-refractivity contribution in [3.8, 4) is 22.6 Å². The highest BCUT2D eigenvalue weighted by atomic mass is 16.5. The molecule has 2 aromatic carbocycles. The summed E-state index contributed by atoms with van der Waals surface area (Å²) in [5.74, 6) is 0.698. The average Bonchev–Trinajstić information content (AvgIpc) is 2.75.